The number of nitrogens with zero attached hydrogens (tertiary/aromatic N) is 1. The third-order valence-electron chi connectivity index (χ3n) is 0.634. The van der Waals surface area contributed by atoms with Crippen molar-refractivity contribution in [2.45, 2.75) is 0 Å². The van der Waals surface area contributed by atoms with Crippen molar-refractivity contribution in [3.8, 4) is 0 Å². The van der Waals surface area contributed by atoms with E-state index in [0.29, 0.717) is 11.6 Å². The molecule has 1 amide bonds. The maximum atomic E-state index is 9.70. The van der Waals surface area contributed by atoms with Crippen LogP contribution in [-0.2, 0) is 4.79 Å². The minimum Gasteiger partial charge on any atom is -0.277 e. The van der Waals surface area contributed by atoms with Gasteiger partial charge in [-0.25, -0.2) is 0 Å². The number of thioether (sulfide) groups is 1. The molecule has 0 heterocycles. The number of amidine groups is 1. The third-order valence-corrected chi connectivity index (χ3v) is 1.31. The van der Waals surface area contributed by atoms with Crippen LogP contribution in [0.1, 0.15) is 0 Å². The van der Waals surface area contributed by atoms with E-state index in [4.69, 9.17) is 0 Å². The molecule has 2 N–H and O–H groups in total. The number of nitrogens with one attached hydrogen (secondary N) is 2. The topological polar surface area (TPSA) is 53.5 Å². The zero-order chi connectivity index (χ0) is 7.11. The van der Waals surface area contributed by atoms with Gasteiger partial charge in [0, 0.05) is 7.05 Å². The van der Waals surface area contributed by atoms with E-state index in [9.17, 15) is 4.79 Å². The third kappa shape index (κ3) is 3.84. The van der Waals surface area contributed by atoms with Crippen molar-refractivity contribution in [3.63, 3.8) is 0 Å². The molecule has 0 aromatic carbocycles. The molecular formula is C4H9N3OS. The van der Waals surface area contributed by atoms with Crippen molar-refractivity contribution in [2.24, 2.45) is 4.99 Å². The van der Waals surface area contributed by atoms with Crippen molar-refractivity contribution in [2.75, 3.05) is 13.3 Å². The Kier molecular flexibility index (Phi) is 5.00. The lowest BCUT2D eigenvalue weighted by Crippen LogP contribution is -2.34. The van der Waals surface area contributed by atoms with E-state index in [1.807, 2.05) is 6.26 Å². The van der Waals surface area contributed by atoms with Crippen LogP contribution in [0, 0.1) is 0 Å². The van der Waals surface area contributed by atoms with Crippen LogP contribution in [0.3, 0.4) is 0 Å². The van der Waals surface area contributed by atoms with Gasteiger partial charge < -0.3 is 0 Å². The first kappa shape index (κ1) is 8.29. The number of rotatable bonds is 2. The predicted octanol–water partition coefficient (Wildman–Crippen LogP) is -0.414. The Morgan fingerprint density at radius 3 is 2.78 bits per heavy atom. The monoisotopic (exact) mass is 147 g/mol. The molecule has 0 unspecified atom stereocenters. The molecule has 0 atom stereocenters. The Morgan fingerprint density at radius 2 is 2.44 bits per heavy atom. The maximum absolute atomic E-state index is 9.70. The second kappa shape index (κ2) is 5.43. The first-order valence-electron chi connectivity index (χ1n) is 2.31. The standard InChI is InChI=1S/C4H9N3OS/c1-5-4(9-2)7-6-3-8/h3H,1-2H3,(H,5,7)(H,6,8). The van der Waals surface area contributed by atoms with Crippen LogP contribution in [0.5, 0.6) is 0 Å². The van der Waals surface area contributed by atoms with Crippen LogP contribution in [0.15, 0.2) is 4.99 Å². The number of aliphatic imine (C=N–C) groups is 1. The van der Waals surface area contributed by atoms with Gasteiger partial charge in [0.2, 0.25) is 6.41 Å². The number of hydrazine groups is 1. The first-order chi connectivity index (χ1) is 4.35. The molecule has 0 spiro atoms. The van der Waals surface area contributed by atoms with Crippen LogP contribution < -0.4 is 10.9 Å². The van der Waals surface area contributed by atoms with E-state index in [0.717, 1.165) is 0 Å². The summed E-state index contributed by atoms with van der Waals surface area (Å²) >= 11 is 1.43. The molecule has 0 aliphatic carbocycles. The summed E-state index contributed by atoms with van der Waals surface area (Å²) in [7, 11) is 1.64. The number of hydrogen-bond donors (Lipinski definition) is 2. The molecule has 0 fully saturated rings. The van der Waals surface area contributed by atoms with Gasteiger partial charge in [0.05, 0.1) is 0 Å². The molecule has 0 aromatic heterocycles. The fourth-order valence-corrected chi connectivity index (χ4v) is 0.633. The van der Waals surface area contributed by atoms with Crippen molar-refractivity contribution in [3.05, 3.63) is 0 Å². The molecule has 0 aliphatic rings. The number of carbonyl (C=O) groups excluding carboxylic acids is 1. The average molecular weight is 147 g/mol. The first-order valence-corrected chi connectivity index (χ1v) is 3.53. The molecule has 0 radical (unpaired) electrons. The molecule has 5 heteroatoms. The Labute approximate surface area is 58.1 Å². The van der Waals surface area contributed by atoms with Gasteiger partial charge >= 0.3 is 0 Å². The van der Waals surface area contributed by atoms with Crippen LogP contribution in [0.4, 0.5) is 0 Å². The summed E-state index contributed by atoms with van der Waals surface area (Å²) in [6.45, 7) is 0. The van der Waals surface area contributed by atoms with Crippen LogP contribution in [0.2, 0.25) is 0 Å². The summed E-state index contributed by atoms with van der Waals surface area (Å²) < 4.78 is 0. The Hall–Kier alpha value is -0.710. The zero-order valence-corrected chi connectivity index (χ0v) is 6.16. The van der Waals surface area contributed by atoms with E-state index in [1.54, 1.807) is 7.05 Å². The molecule has 52 valence electrons. The van der Waals surface area contributed by atoms with E-state index in [-0.39, 0.29) is 0 Å². The van der Waals surface area contributed by atoms with Gasteiger partial charge in [-0.3, -0.25) is 20.6 Å². The molecule has 0 saturated carbocycles. The summed E-state index contributed by atoms with van der Waals surface area (Å²) in [6.07, 6.45) is 2.42. The SMILES string of the molecule is CN=C(NNC=O)SC. The highest BCUT2D eigenvalue weighted by molar-refractivity contribution is 8.13. The van der Waals surface area contributed by atoms with Crippen molar-refractivity contribution >= 4 is 23.3 Å². The lowest BCUT2D eigenvalue weighted by atomic mass is 11.2. The summed E-state index contributed by atoms with van der Waals surface area (Å²) in [5.74, 6) is 0. The zero-order valence-electron chi connectivity index (χ0n) is 5.34. The van der Waals surface area contributed by atoms with Gasteiger partial charge in [-0.05, 0) is 6.26 Å². The fraction of sp³-hybridized carbons (Fsp3) is 0.500. The highest BCUT2D eigenvalue weighted by Crippen LogP contribution is 1.90. The number of carbonyl (C=O) groups is 1. The quantitative estimate of drug-likeness (QED) is 0.241. The predicted molar refractivity (Wildman–Crippen MR) is 39.2 cm³/mol. The maximum Gasteiger partial charge on any atom is 0.225 e. The van der Waals surface area contributed by atoms with Crippen molar-refractivity contribution in [1.29, 1.82) is 0 Å². The molecule has 0 bridgehead atoms. The number of hydrogen-bond acceptors (Lipinski definition) is 3. The lowest BCUT2D eigenvalue weighted by Gasteiger charge is -2.01. The van der Waals surface area contributed by atoms with E-state index < -0.39 is 0 Å². The molecule has 0 aromatic rings. The molecule has 0 saturated heterocycles. The van der Waals surface area contributed by atoms with Crippen molar-refractivity contribution in [1.82, 2.24) is 10.9 Å². The second-order valence-corrected chi connectivity index (χ2v) is 1.92. The van der Waals surface area contributed by atoms with Gasteiger partial charge in [-0.15, -0.1) is 0 Å². The summed E-state index contributed by atoms with van der Waals surface area (Å²) in [5, 5.41) is 0.683. The Balaban J connectivity index is 3.44. The molecular weight excluding hydrogens is 138 g/mol. The highest BCUT2D eigenvalue weighted by atomic mass is 32.2. The molecule has 9 heavy (non-hydrogen) atoms. The summed E-state index contributed by atoms with van der Waals surface area (Å²) in [5.41, 5.74) is 4.83. The summed E-state index contributed by atoms with van der Waals surface area (Å²) in [4.78, 5) is 13.5. The smallest absolute Gasteiger partial charge is 0.225 e. The average Bonchev–Trinajstić information content (AvgIpc) is 1.91. The van der Waals surface area contributed by atoms with Crippen LogP contribution in [-0.4, -0.2) is 24.9 Å². The van der Waals surface area contributed by atoms with Crippen LogP contribution in [0.25, 0.3) is 0 Å². The van der Waals surface area contributed by atoms with Gasteiger partial charge in [-0.1, -0.05) is 11.8 Å². The van der Waals surface area contributed by atoms with Gasteiger partial charge in [-0.2, -0.15) is 0 Å². The van der Waals surface area contributed by atoms with Gasteiger partial charge in [0.25, 0.3) is 0 Å². The number of amides is 1. The van der Waals surface area contributed by atoms with Gasteiger partial charge in [0.15, 0.2) is 5.17 Å². The van der Waals surface area contributed by atoms with E-state index >= 15 is 0 Å². The fourth-order valence-electron chi connectivity index (χ4n) is 0.289. The van der Waals surface area contributed by atoms with Crippen LogP contribution >= 0.6 is 11.8 Å². The summed E-state index contributed by atoms with van der Waals surface area (Å²) in [6, 6.07) is 0. The molecule has 0 aliphatic heterocycles. The lowest BCUT2D eigenvalue weighted by molar-refractivity contribution is -0.110. The van der Waals surface area contributed by atoms with Crippen molar-refractivity contribution < 1.29 is 4.79 Å². The second-order valence-electron chi connectivity index (χ2n) is 1.12. The van der Waals surface area contributed by atoms with E-state index in [2.05, 4.69) is 15.8 Å². The Morgan fingerprint density at radius 1 is 1.78 bits per heavy atom. The minimum absolute atomic E-state index is 0.557. The Bertz CT molecular complexity index is 114. The highest BCUT2D eigenvalue weighted by Gasteiger charge is 1.88. The minimum atomic E-state index is 0.557. The normalized spacial score (nSPS) is 10.7. The van der Waals surface area contributed by atoms with Gasteiger partial charge in [0.1, 0.15) is 0 Å². The van der Waals surface area contributed by atoms with E-state index in [1.165, 1.54) is 11.8 Å². The molecule has 4 nitrogen and oxygen atoms in total. The molecule has 0 rings (SSSR count). The largest absolute Gasteiger partial charge is 0.277 e.